The summed E-state index contributed by atoms with van der Waals surface area (Å²) in [4.78, 5) is 0. The number of hydrogen-bond donors (Lipinski definition) is 1. The molecule has 0 bridgehead atoms. The van der Waals surface area contributed by atoms with Crippen LogP contribution in [-0.4, -0.2) is 16.9 Å². The van der Waals surface area contributed by atoms with Gasteiger partial charge in [-0.1, -0.05) is 12.1 Å². The number of aromatic nitrogens is 2. The summed E-state index contributed by atoms with van der Waals surface area (Å²) >= 11 is 0. The van der Waals surface area contributed by atoms with Crippen molar-refractivity contribution in [2.75, 3.05) is 7.11 Å². The van der Waals surface area contributed by atoms with Gasteiger partial charge in [0.2, 0.25) is 0 Å². The standard InChI is InChI=1S/C13H17N3O/c1-16-9-10(8-15-16)7-13(14)11-3-5-12(17-2)6-4-11/h3-6,8-9,13H,7,14H2,1-2H3. The van der Waals surface area contributed by atoms with E-state index in [2.05, 4.69) is 5.10 Å². The molecule has 1 aromatic carbocycles. The minimum absolute atomic E-state index is 0.00916. The van der Waals surface area contributed by atoms with Crippen molar-refractivity contribution in [3.63, 3.8) is 0 Å². The molecule has 1 heterocycles. The van der Waals surface area contributed by atoms with Crippen LogP contribution in [0, 0.1) is 0 Å². The normalized spacial score (nSPS) is 12.4. The van der Waals surface area contributed by atoms with Crippen LogP contribution in [0.15, 0.2) is 36.7 Å². The fourth-order valence-electron chi connectivity index (χ4n) is 1.80. The second-order valence-electron chi connectivity index (χ2n) is 4.11. The Kier molecular flexibility index (Phi) is 3.44. The van der Waals surface area contributed by atoms with Gasteiger partial charge < -0.3 is 10.5 Å². The molecular formula is C13H17N3O. The molecule has 1 aromatic heterocycles. The predicted octanol–water partition coefficient (Wildman–Crippen LogP) is 1.67. The van der Waals surface area contributed by atoms with Crippen LogP contribution in [-0.2, 0) is 13.5 Å². The summed E-state index contributed by atoms with van der Waals surface area (Å²) in [5.74, 6) is 0.849. The van der Waals surface area contributed by atoms with Crippen LogP contribution in [0.1, 0.15) is 17.2 Å². The number of hydrogen-bond acceptors (Lipinski definition) is 3. The Morgan fingerprint density at radius 3 is 2.59 bits per heavy atom. The molecule has 2 rings (SSSR count). The number of benzene rings is 1. The van der Waals surface area contributed by atoms with Gasteiger partial charge in [-0.05, 0) is 29.7 Å². The Morgan fingerprint density at radius 2 is 2.06 bits per heavy atom. The maximum absolute atomic E-state index is 6.15. The maximum atomic E-state index is 6.15. The zero-order chi connectivity index (χ0) is 12.3. The highest BCUT2D eigenvalue weighted by atomic mass is 16.5. The smallest absolute Gasteiger partial charge is 0.118 e. The zero-order valence-electron chi connectivity index (χ0n) is 10.1. The zero-order valence-corrected chi connectivity index (χ0v) is 10.1. The number of ether oxygens (including phenoxy) is 1. The summed E-state index contributed by atoms with van der Waals surface area (Å²) in [6.07, 6.45) is 4.63. The van der Waals surface area contributed by atoms with Gasteiger partial charge in [-0.25, -0.2) is 0 Å². The van der Waals surface area contributed by atoms with Crippen molar-refractivity contribution in [1.29, 1.82) is 0 Å². The van der Waals surface area contributed by atoms with E-state index in [-0.39, 0.29) is 6.04 Å². The Morgan fingerprint density at radius 1 is 1.35 bits per heavy atom. The van der Waals surface area contributed by atoms with Gasteiger partial charge in [0.05, 0.1) is 13.3 Å². The van der Waals surface area contributed by atoms with E-state index in [0.717, 1.165) is 23.3 Å². The lowest BCUT2D eigenvalue weighted by atomic mass is 10.0. The lowest BCUT2D eigenvalue weighted by Gasteiger charge is -2.11. The first-order chi connectivity index (χ1) is 8.19. The van der Waals surface area contributed by atoms with E-state index in [1.54, 1.807) is 11.8 Å². The van der Waals surface area contributed by atoms with Gasteiger partial charge in [0.25, 0.3) is 0 Å². The summed E-state index contributed by atoms with van der Waals surface area (Å²) in [5.41, 5.74) is 8.41. The van der Waals surface area contributed by atoms with E-state index in [9.17, 15) is 0 Å². The SMILES string of the molecule is COc1ccc(C(N)Cc2cnn(C)c2)cc1. The van der Waals surface area contributed by atoms with Crippen LogP contribution in [0.5, 0.6) is 5.75 Å². The van der Waals surface area contributed by atoms with Crippen LogP contribution in [0.25, 0.3) is 0 Å². The molecule has 1 atom stereocenters. The second-order valence-corrected chi connectivity index (χ2v) is 4.11. The van der Waals surface area contributed by atoms with Crippen molar-refractivity contribution >= 4 is 0 Å². The number of aryl methyl sites for hydroxylation is 1. The molecule has 0 aliphatic heterocycles. The molecule has 2 aromatic rings. The Labute approximate surface area is 101 Å². The van der Waals surface area contributed by atoms with Crippen LogP contribution < -0.4 is 10.5 Å². The van der Waals surface area contributed by atoms with E-state index in [1.807, 2.05) is 43.7 Å². The van der Waals surface area contributed by atoms with Crippen molar-refractivity contribution in [3.05, 3.63) is 47.8 Å². The van der Waals surface area contributed by atoms with E-state index >= 15 is 0 Å². The first kappa shape index (κ1) is 11.7. The van der Waals surface area contributed by atoms with E-state index in [4.69, 9.17) is 10.5 Å². The fraction of sp³-hybridized carbons (Fsp3) is 0.308. The van der Waals surface area contributed by atoms with E-state index in [0.29, 0.717) is 0 Å². The first-order valence-corrected chi connectivity index (χ1v) is 5.56. The minimum atomic E-state index is -0.00916. The molecule has 4 nitrogen and oxygen atoms in total. The molecule has 0 aliphatic rings. The Bertz CT molecular complexity index is 476. The average Bonchev–Trinajstić information content (AvgIpc) is 2.75. The molecule has 0 saturated carbocycles. The first-order valence-electron chi connectivity index (χ1n) is 5.56. The highest BCUT2D eigenvalue weighted by molar-refractivity contribution is 5.29. The third-order valence-corrected chi connectivity index (χ3v) is 2.76. The summed E-state index contributed by atoms with van der Waals surface area (Å²) in [7, 11) is 3.56. The average molecular weight is 231 g/mol. The summed E-state index contributed by atoms with van der Waals surface area (Å²) in [6.45, 7) is 0. The molecule has 2 N–H and O–H groups in total. The Hall–Kier alpha value is -1.81. The van der Waals surface area contributed by atoms with E-state index < -0.39 is 0 Å². The van der Waals surface area contributed by atoms with Gasteiger partial charge in [0, 0.05) is 19.3 Å². The topological polar surface area (TPSA) is 53.1 Å². The van der Waals surface area contributed by atoms with Gasteiger partial charge in [-0.2, -0.15) is 5.10 Å². The van der Waals surface area contributed by atoms with Crippen molar-refractivity contribution in [3.8, 4) is 5.75 Å². The monoisotopic (exact) mass is 231 g/mol. The lowest BCUT2D eigenvalue weighted by Crippen LogP contribution is -2.12. The quantitative estimate of drug-likeness (QED) is 0.870. The van der Waals surface area contributed by atoms with Crippen LogP contribution >= 0.6 is 0 Å². The van der Waals surface area contributed by atoms with Crippen LogP contribution in [0.3, 0.4) is 0 Å². The third-order valence-electron chi connectivity index (χ3n) is 2.76. The molecule has 4 heteroatoms. The predicted molar refractivity (Wildman–Crippen MR) is 66.8 cm³/mol. The highest BCUT2D eigenvalue weighted by Crippen LogP contribution is 2.19. The van der Waals surface area contributed by atoms with Crippen molar-refractivity contribution < 1.29 is 4.74 Å². The molecule has 90 valence electrons. The van der Waals surface area contributed by atoms with Gasteiger partial charge in [-0.15, -0.1) is 0 Å². The largest absolute Gasteiger partial charge is 0.497 e. The molecule has 0 spiro atoms. The number of methoxy groups -OCH3 is 1. The van der Waals surface area contributed by atoms with Crippen LogP contribution in [0.2, 0.25) is 0 Å². The highest BCUT2D eigenvalue weighted by Gasteiger charge is 2.08. The molecule has 1 unspecified atom stereocenters. The molecule has 0 aliphatic carbocycles. The second kappa shape index (κ2) is 5.01. The fourth-order valence-corrected chi connectivity index (χ4v) is 1.80. The Balaban J connectivity index is 2.06. The van der Waals surface area contributed by atoms with Gasteiger partial charge >= 0.3 is 0 Å². The molecule has 17 heavy (non-hydrogen) atoms. The van der Waals surface area contributed by atoms with Crippen LogP contribution in [0.4, 0.5) is 0 Å². The lowest BCUT2D eigenvalue weighted by molar-refractivity contribution is 0.414. The van der Waals surface area contributed by atoms with Gasteiger partial charge in [0.15, 0.2) is 0 Å². The molecule has 0 radical (unpaired) electrons. The maximum Gasteiger partial charge on any atom is 0.118 e. The molecular weight excluding hydrogens is 214 g/mol. The van der Waals surface area contributed by atoms with E-state index in [1.165, 1.54) is 0 Å². The van der Waals surface area contributed by atoms with Crippen molar-refractivity contribution in [1.82, 2.24) is 9.78 Å². The third kappa shape index (κ3) is 2.85. The summed E-state index contributed by atoms with van der Waals surface area (Å²) in [6, 6.07) is 7.85. The molecule has 0 saturated heterocycles. The number of rotatable bonds is 4. The minimum Gasteiger partial charge on any atom is -0.497 e. The number of nitrogens with two attached hydrogens (primary N) is 1. The summed E-state index contributed by atoms with van der Waals surface area (Å²) in [5, 5.41) is 4.13. The molecule has 0 amide bonds. The van der Waals surface area contributed by atoms with Crippen molar-refractivity contribution in [2.24, 2.45) is 12.8 Å². The number of nitrogens with zero attached hydrogens (tertiary/aromatic N) is 2. The van der Waals surface area contributed by atoms with Crippen molar-refractivity contribution in [2.45, 2.75) is 12.5 Å². The summed E-state index contributed by atoms with van der Waals surface area (Å²) < 4.78 is 6.90. The van der Waals surface area contributed by atoms with Gasteiger partial charge in [0.1, 0.15) is 5.75 Å². The molecule has 0 fully saturated rings. The van der Waals surface area contributed by atoms with Gasteiger partial charge in [-0.3, -0.25) is 4.68 Å².